The molecule has 0 aliphatic heterocycles. The average Bonchev–Trinajstić information content (AvgIpc) is 2.20. The molecule has 0 fully saturated rings. The van der Waals surface area contributed by atoms with Crippen LogP contribution >= 0.6 is 0 Å². The number of nitrogens with one attached hydrogen (secondary N) is 1. The van der Waals surface area contributed by atoms with Crippen molar-refractivity contribution in [2.45, 2.75) is 52.4 Å². The summed E-state index contributed by atoms with van der Waals surface area (Å²) in [5.41, 5.74) is -0.621. The van der Waals surface area contributed by atoms with Gasteiger partial charge >= 0.3 is 12.1 Å². The molecule has 1 amide bonds. The van der Waals surface area contributed by atoms with E-state index in [9.17, 15) is 9.59 Å². The summed E-state index contributed by atoms with van der Waals surface area (Å²) in [6.07, 6.45) is -0.720. The summed E-state index contributed by atoms with van der Waals surface area (Å²) in [5, 5.41) is 2.42. The zero-order valence-electron chi connectivity index (χ0n) is 11.9. The second kappa shape index (κ2) is 7.20. The van der Waals surface area contributed by atoms with Crippen LogP contribution in [0.25, 0.3) is 0 Å². The number of carbonyl (C=O) groups excluding carboxylic acids is 2. The maximum absolute atomic E-state index is 11.5. The van der Waals surface area contributed by atoms with Gasteiger partial charge in [-0.1, -0.05) is 0 Å². The predicted molar refractivity (Wildman–Crippen MR) is 66.3 cm³/mol. The lowest BCUT2D eigenvalue weighted by atomic mass is 10.2. The Kier molecular flexibility index (Phi) is 6.68. The van der Waals surface area contributed by atoms with Gasteiger partial charge < -0.3 is 19.5 Å². The van der Waals surface area contributed by atoms with Gasteiger partial charge in [0.1, 0.15) is 5.60 Å². The summed E-state index contributed by atoms with van der Waals surface area (Å²) in [7, 11) is 1.25. The standard InChI is InChI=1S/C12H23NO5/c1-8(2)17-7-9(10(14)16-6)13-11(15)18-12(3,4)5/h8-9H,7H2,1-6H3,(H,13,15)/t9-/m0/s1. The first-order valence-electron chi connectivity index (χ1n) is 5.84. The third-order valence-electron chi connectivity index (χ3n) is 1.77. The minimum absolute atomic E-state index is 0.0439. The predicted octanol–water partition coefficient (Wildman–Crippen LogP) is 1.48. The van der Waals surface area contributed by atoms with Crippen LogP contribution in [0.5, 0.6) is 0 Å². The Morgan fingerprint density at radius 2 is 1.78 bits per heavy atom. The molecule has 0 saturated carbocycles. The van der Waals surface area contributed by atoms with E-state index in [0.717, 1.165) is 0 Å². The molecule has 0 aromatic carbocycles. The minimum Gasteiger partial charge on any atom is -0.467 e. The van der Waals surface area contributed by atoms with Crippen LogP contribution in [0, 0.1) is 0 Å². The molecule has 1 N–H and O–H groups in total. The van der Waals surface area contributed by atoms with Crippen molar-refractivity contribution in [2.75, 3.05) is 13.7 Å². The fourth-order valence-electron chi connectivity index (χ4n) is 1.05. The molecule has 0 unspecified atom stereocenters. The lowest BCUT2D eigenvalue weighted by molar-refractivity contribution is -0.145. The number of methoxy groups -OCH3 is 1. The molecular formula is C12H23NO5. The quantitative estimate of drug-likeness (QED) is 0.759. The highest BCUT2D eigenvalue weighted by Crippen LogP contribution is 2.07. The molecule has 0 bridgehead atoms. The second-order valence-corrected chi connectivity index (χ2v) is 5.10. The summed E-state index contributed by atoms with van der Waals surface area (Å²) >= 11 is 0. The molecule has 0 aromatic heterocycles. The Bertz CT molecular complexity index is 283. The van der Waals surface area contributed by atoms with Crippen molar-refractivity contribution >= 4 is 12.1 Å². The summed E-state index contributed by atoms with van der Waals surface area (Å²) in [4.78, 5) is 23.0. The van der Waals surface area contributed by atoms with Crippen molar-refractivity contribution in [2.24, 2.45) is 0 Å². The van der Waals surface area contributed by atoms with Gasteiger partial charge in [-0.05, 0) is 34.6 Å². The first kappa shape index (κ1) is 16.7. The number of carbonyl (C=O) groups is 2. The summed E-state index contributed by atoms with van der Waals surface area (Å²) < 4.78 is 14.9. The van der Waals surface area contributed by atoms with Crippen LogP contribution in [0.1, 0.15) is 34.6 Å². The Hall–Kier alpha value is -1.30. The van der Waals surface area contributed by atoms with Crippen LogP contribution < -0.4 is 5.32 Å². The molecule has 0 radical (unpaired) electrons. The molecule has 0 aliphatic rings. The topological polar surface area (TPSA) is 73.9 Å². The van der Waals surface area contributed by atoms with E-state index in [0.29, 0.717) is 0 Å². The summed E-state index contributed by atoms with van der Waals surface area (Å²) in [6, 6.07) is -0.868. The molecule has 0 heterocycles. The highest BCUT2D eigenvalue weighted by Gasteiger charge is 2.25. The largest absolute Gasteiger partial charge is 0.467 e. The van der Waals surface area contributed by atoms with Crippen LogP contribution in [0.3, 0.4) is 0 Å². The smallest absolute Gasteiger partial charge is 0.408 e. The van der Waals surface area contributed by atoms with Crippen molar-refractivity contribution in [1.29, 1.82) is 0 Å². The van der Waals surface area contributed by atoms with Crippen LogP contribution in [0.4, 0.5) is 4.79 Å². The van der Waals surface area contributed by atoms with E-state index in [-0.39, 0.29) is 12.7 Å². The Morgan fingerprint density at radius 1 is 1.22 bits per heavy atom. The maximum Gasteiger partial charge on any atom is 0.408 e. The van der Waals surface area contributed by atoms with Crippen LogP contribution in [0.2, 0.25) is 0 Å². The van der Waals surface area contributed by atoms with Gasteiger partial charge in [0, 0.05) is 0 Å². The van der Waals surface area contributed by atoms with Crippen molar-refractivity contribution in [3.05, 3.63) is 0 Å². The average molecular weight is 261 g/mol. The van der Waals surface area contributed by atoms with E-state index in [1.807, 2.05) is 13.8 Å². The van der Waals surface area contributed by atoms with Crippen LogP contribution in [-0.2, 0) is 19.0 Å². The Balaban J connectivity index is 4.40. The normalized spacial score (nSPS) is 13.1. The zero-order chi connectivity index (χ0) is 14.3. The molecule has 0 aliphatic carbocycles. The monoisotopic (exact) mass is 261 g/mol. The van der Waals surface area contributed by atoms with E-state index in [2.05, 4.69) is 10.1 Å². The molecule has 0 aromatic rings. The molecule has 18 heavy (non-hydrogen) atoms. The molecule has 6 nitrogen and oxygen atoms in total. The molecule has 0 rings (SSSR count). The molecule has 6 heteroatoms. The van der Waals surface area contributed by atoms with Gasteiger partial charge in [0.2, 0.25) is 0 Å². The van der Waals surface area contributed by atoms with Crippen molar-refractivity contribution in [1.82, 2.24) is 5.32 Å². The van der Waals surface area contributed by atoms with E-state index in [1.165, 1.54) is 7.11 Å². The molecule has 0 saturated heterocycles. The Morgan fingerprint density at radius 3 is 2.17 bits per heavy atom. The van der Waals surface area contributed by atoms with Gasteiger partial charge in [-0.2, -0.15) is 0 Å². The third-order valence-corrected chi connectivity index (χ3v) is 1.77. The minimum atomic E-state index is -0.868. The maximum atomic E-state index is 11.5. The fraction of sp³-hybridized carbons (Fsp3) is 0.833. The zero-order valence-corrected chi connectivity index (χ0v) is 11.9. The van der Waals surface area contributed by atoms with Crippen molar-refractivity contribution in [3.63, 3.8) is 0 Å². The lowest BCUT2D eigenvalue weighted by Crippen LogP contribution is -2.47. The number of rotatable bonds is 5. The van der Waals surface area contributed by atoms with Gasteiger partial charge in [0.25, 0.3) is 0 Å². The molecule has 0 spiro atoms. The first-order valence-corrected chi connectivity index (χ1v) is 5.84. The van der Waals surface area contributed by atoms with E-state index < -0.39 is 23.7 Å². The number of esters is 1. The van der Waals surface area contributed by atoms with Gasteiger partial charge in [-0.15, -0.1) is 0 Å². The molecule has 106 valence electrons. The van der Waals surface area contributed by atoms with Crippen molar-refractivity contribution < 1.29 is 23.8 Å². The highest BCUT2D eigenvalue weighted by atomic mass is 16.6. The number of hydrogen-bond acceptors (Lipinski definition) is 5. The third kappa shape index (κ3) is 7.89. The molecule has 1 atom stereocenters. The van der Waals surface area contributed by atoms with Gasteiger partial charge in [0.15, 0.2) is 6.04 Å². The number of alkyl carbamates (subject to hydrolysis) is 1. The summed E-state index contributed by atoms with van der Waals surface area (Å²) in [5.74, 6) is -0.568. The SMILES string of the molecule is COC(=O)[C@H](COC(C)C)NC(=O)OC(C)(C)C. The number of hydrogen-bond donors (Lipinski definition) is 1. The number of amides is 1. The second-order valence-electron chi connectivity index (χ2n) is 5.10. The van der Waals surface area contributed by atoms with E-state index >= 15 is 0 Å². The van der Waals surface area contributed by atoms with Gasteiger partial charge in [-0.25, -0.2) is 9.59 Å². The Labute approximate surface area is 108 Å². The fourth-order valence-corrected chi connectivity index (χ4v) is 1.05. The number of ether oxygens (including phenoxy) is 3. The van der Waals surface area contributed by atoms with Gasteiger partial charge in [-0.3, -0.25) is 0 Å². The van der Waals surface area contributed by atoms with Gasteiger partial charge in [0.05, 0.1) is 19.8 Å². The van der Waals surface area contributed by atoms with Crippen molar-refractivity contribution in [3.8, 4) is 0 Å². The van der Waals surface area contributed by atoms with Crippen LogP contribution in [-0.4, -0.2) is 43.5 Å². The van der Waals surface area contributed by atoms with E-state index in [1.54, 1.807) is 20.8 Å². The lowest BCUT2D eigenvalue weighted by Gasteiger charge is -2.23. The summed E-state index contributed by atoms with van der Waals surface area (Å²) in [6.45, 7) is 8.94. The first-order chi connectivity index (χ1) is 8.15. The molecular weight excluding hydrogens is 238 g/mol. The van der Waals surface area contributed by atoms with Crippen LogP contribution in [0.15, 0.2) is 0 Å². The highest BCUT2D eigenvalue weighted by molar-refractivity contribution is 5.81. The van der Waals surface area contributed by atoms with E-state index in [4.69, 9.17) is 9.47 Å².